The Kier molecular flexibility index (Phi) is 4.07. The molecule has 16 heavy (non-hydrogen) atoms. The van der Waals surface area contributed by atoms with Crippen LogP contribution in [-0.2, 0) is 14.9 Å². The molecule has 0 aliphatic carbocycles. The van der Waals surface area contributed by atoms with E-state index in [2.05, 4.69) is 4.74 Å². The van der Waals surface area contributed by atoms with Crippen LogP contribution in [0.2, 0.25) is 0 Å². The third-order valence-corrected chi connectivity index (χ3v) is 3.06. The summed E-state index contributed by atoms with van der Waals surface area (Å²) in [5.74, 6) is -0.466. The minimum absolute atomic E-state index is 0.466. The van der Waals surface area contributed by atoms with Crippen LogP contribution in [-0.4, -0.2) is 5.97 Å². The number of nitrogens with zero attached hydrogens (tertiary/aromatic N) is 1. The van der Waals surface area contributed by atoms with Gasteiger partial charge in [-0.05, 0) is 18.4 Å². The van der Waals surface area contributed by atoms with Crippen LogP contribution < -0.4 is 0 Å². The minimum Gasteiger partial charge on any atom is -0.350 e. The number of esters is 1. The van der Waals surface area contributed by atoms with Crippen LogP contribution in [0.4, 0.5) is 0 Å². The van der Waals surface area contributed by atoms with Crippen LogP contribution >= 0.6 is 0 Å². The number of carbonyl (C=O) groups excluding carboxylic acids is 1. The summed E-state index contributed by atoms with van der Waals surface area (Å²) < 4.78 is 4.51. The molecule has 0 bridgehead atoms. The van der Waals surface area contributed by atoms with Gasteiger partial charge in [0, 0.05) is 0 Å². The van der Waals surface area contributed by atoms with Crippen molar-refractivity contribution in [2.24, 2.45) is 0 Å². The largest absolute Gasteiger partial charge is 0.350 e. The van der Waals surface area contributed by atoms with E-state index in [1.807, 2.05) is 44.2 Å². The lowest BCUT2D eigenvalue weighted by Gasteiger charge is -2.27. The predicted molar refractivity (Wildman–Crippen MR) is 60.4 cm³/mol. The normalized spacial score (nSPS) is 10.6. The van der Waals surface area contributed by atoms with Crippen molar-refractivity contribution in [3.8, 4) is 6.26 Å². The molecule has 0 aliphatic heterocycles. The van der Waals surface area contributed by atoms with E-state index in [0.29, 0.717) is 12.8 Å². The Labute approximate surface area is 95.7 Å². The lowest BCUT2D eigenvalue weighted by molar-refractivity contribution is -0.144. The molecule has 84 valence electrons. The fourth-order valence-electron chi connectivity index (χ4n) is 1.96. The monoisotopic (exact) mass is 217 g/mol. The van der Waals surface area contributed by atoms with E-state index in [9.17, 15) is 4.79 Å². The van der Waals surface area contributed by atoms with Crippen LogP contribution in [0.15, 0.2) is 30.3 Å². The quantitative estimate of drug-likeness (QED) is 0.575. The molecule has 0 saturated heterocycles. The minimum atomic E-state index is -0.697. The van der Waals surface area contributed by atoms with Crippen molar-refractivity contribution in [1.82, 2.24) is 0 Å². The van der Waals surface area contributed by atoms with Crippen LogP contribution in [0.25, 0.3) is 0 Å². The predicted octanol–water partition coefficient (Wildman–Crippen LogP) is 2.77. The van der Waals surface area contributed by atoms with Gasteiger partial charge in [0.15, 0.2) is 0 Å². The number of rotatable bonds is 4. The van der Waals surface area contributed by atoms with Crippen molar-refractivity contribution in [1.29, 1.82) is 5.26 Å². The number of ether oxygens (including phenoxy) is 1. The molecule has 0 aliphatic rings. The molecule has 0 amide bonds. The van der Waals surface area contributed by atoms with Crippen LogP contribution in [0.5, 0.6) is 0 Å². The molecule has 0 saturated carbocycles. The molecule has 0 radical (unpaired) electrons. The van der Waals surface area contributed by atoms with Crippen molar-refractivity contribution < 1.29 is 9.53 Å². The maximum Gasteiger partial charge on any atom is 0.332 e. The highest BCUT2D eigenvalue weighted by molar-refractivity contribution is 5.83. The maximum absolute atomic E-state index is 11.9. The van der Waals surface area contributed by atoms with E-state index in [-0.39, 0.29) is 0 Å². The van der Waals surface area contributed by atoms with Gasteiger partial charge in [-0.25, -0.2) is 4.79 Å². The molecular weight excluding hydrogens is 202 g/mol. The first-order chi connectivity index (χ1) is 7.71. The number of hydrogen-bond acceptors (Lipinski definition) is 3. The highest BCUT2D eigenvalue weighted by atomic mass is 16.5. The van der Waals surface area contributed by atoms with Gasteiger partial charge in [0.2, 0.25) is 0 Å². The highest BCUT2D eigenvalue weighted by Gasteiger charge is 2.38. The standard InChI is InChI=1S/C13H15NO2/c1-3-13(4-2,12(15)16-10-14)11-8-6-5-7-9-11/h5-9H,3-4H2,1-2H3. The Morgan fingerprint density at radius 1 is 1.31 bits per heavy atom. The summed E-state index contributed by atoms with van der Waals surface area (Å²) in [6.07, 6.45) is 2.70. The summed E-state index contributed by atoms with van der Waals surface area (Å²) in [5, 5.41) is 8.44. The van der Waals surface area contributed by atoms with Gasteiger partial charge in [-0.1, -0.05) is 44.2 Å². The van der Waals surface area contributed by atoms with E-state index in [4.69, 9.17) is 5.26 Å². The first-order valence-corrected chi connectivity index (χ1v) is 5.37. The van der Waals surface area contributed by atoms with Gasteiger partial charge in [-0.3, -0.25) is 0 Å². The SMILES string of the molecule is CCC(CC)(C(=O)OC#N)c1ccccc1. The first kappa shape index (κ1) is 12.3. The summed E-state index contributed by atoms with van der Waals surface area (Å²) in [6.45, 7) is 3.85. The highest BCUT2D eigenvalue weighted by Crippen LogP contribution is 2.32. The third kappa shape index (κ3) is 2.06. The molecular formula is C13H15NO2. The Balaban J connectivity index is 3.17. The molecule has 1 aromatic rings. The molecule has 0 heterocycles. The zero-order valence-corrected chi connectivity index (χ0v) is 9.56. The van der Waals surface area contributed by atoms with Gasteiger partial charge in [-0.2, -0.15) is 0 Å². The van der Waals surface area contributed by atoms with Gasteiger partial charge in [0.25, 0.3) is 6.26 Å². The molecule has 0 spiro atoms. The van der Waals surface area contributed by atoms with E-state index < -0.39 is 11.4 Å². The molecule has 0 unspecified atom stereocenters. The van der Waals surface area contributed by atoms with Crippen LogP contribution in [0, 0.1) is 11.5 Å². The average molecular weight is 217 g/mol. The molecule has 0 aromatic heterocycles. The average Bonchev–Trinajstić information content (AvgIpc) is 2.33. The zero-order chi connectivity index (χ0) is 12.0. The van der Waals surface area contributed by atoms with Gasteiger partial charge in [-0.15, -0.1) is 5.26 Å². The topological polar surface area (TPSA) is 50.1 Å². The molecule has 1 aromatic carbocycles. The fraction of sp³-hybridized carbons (Fsp3) is 0.385. The lowest BCUT2D eigenvalue weighted by Crippen LogP contribution is -2.35. The van der Waals surface area contributed by atoms with Crippen molar-refractivity contribution in [2.45, 2.75) is 32.1 Å². The molecule has 0 atom stereocenters. The van der Waals surface area contributed by atoms with Crippen LogP contribution in [0.3, 0.4) is 0 Å². The second-order valence-electron chi connectivity index (χ2n) is 3.64. The van der Waals surface area contributed by atoms with E-state index in [1.54, 1.807) is 0 Å². The lowest BCUT2D eigenvalue weighted by atomic mass is 9.76. The van der Waals surface area contributed by atoms with Gasteiger partial charge >= 0.3 is 5.97 Å². The Bertz CT molecular complexity index is 388. The number of benzene rings is 1. The second kappa shape index (κ2) is 5.32. The number of carbonyl (C=O) groups is 1. The maximum atomic E-state index is 11.9. The second-order valence-corrected chi connectivity index (χ2v) is 3.64. The number of nitriles is 1. The van der Waals surface area contributed by atoms with Gasteiger partial charge in [0.05, 0.1) is 5.41 Å². The summed E-state index contributed by atoms with van der Waals surface area (Å²) >= 11 is 0. The number of hydrogen-bond donors (Lipinski definition) is 0. The van der Waals surface area contributed by atoms with Gasteiger partial charge < -0.3 is 4.74 Å². The summed E-state index contributed by atoms with van der Waals surface area (Å²) in [6, 6.07) is 9.45. The molecule has 3 heteroatoms. The van der Waals surface area contributed by atoms with Crippen molar-refractivity contribution in [3.63, 3.8) is 0 Å². The summed E-state index contributed by atoms with van der Waals surface area (Å²) in [4.78, 5) is 11.9. The van der Waals surface area contributed by atoms with Crippen molar-refractivity contribution in [2.75, 3.05) is 0 Å². The summed E-state index contributed by atoms with van der Waals surface area (Å²) in [7, 11) is 0. The van der Waals surface area contributed by atoms with E-state index in [0.717, 1.165) is 5.56 Å². The van der Waals surface area contributed by atoms with Crippen molar-refractivity contribution in [3.05, 3.63) is 35.9 Å². The fourth-order valence-corrected chi connectivity index (χ4v) is 1.96. The molecule has 0 fully saturated rings. The molecule has 1 rings (SSSR count). The molecule has 3 nitrogen and oxygen atoms in total. The zero-order valence-electron chi connectivity index (χ0n) is 9.56. The summed E-state index contributed by atoms with van der Waals surface area (Å²) in [5.41, 5.74) is 0.206. The van der Waals surface area contributed by atoms with E-state index >= 15 is 0 Å². The Morgan fingerprint density at radius 2 is 1.88 bits per heavy atom. The molecule has 0 N–H and O–H groups in total. The van der Waals surface area contributed by atoms with Crippen LogP contribution in [0.1, 0.15) is 32.3 Å². The first-order valence-electron chi connectivity index (χ1n) is 5.37. The Morgan fingerprint density at radius 3 is 2.31 bits per heavy atom. The smallest absolute Gasteiger partial charge is 0.332 e. The Hall–Kier alpha value is -1.82. The van der Waals surface area contributed by atoms with Crippen molar-refractivity contribution >= 4 is 5.97 Å². The third-order valence-electron chi connectivity index (χ3n) is 3.06. The van der Waals surface area contributed by atoms with Gasteiger partial charge in [0.1, 0.15) is 0 Å². The van der Waals surface area contributed by atoms with E-state index in [1.165, 1.54) is 6.26 Å².